The van der Waals surface area contributed by atoms with Crippen LogP contribution in [0.1, 0.15) is 5.69 Å². The lowest BCUT2D eigenvalue weighted by atomic mass is 10.3. The van der Waals surface area contributed by atoms with Crippen LogP contribution < -0.4 is 5.32 Å². The molecule has 0 aliphatic heterocycles. The minimum absolute atomic E-state index is 0.121. The van der Waals surface area contributed by atoms with Gasteiger partial charge in [-0.15, -0.1) is 11.3 Å². The lowest BCUT2D eigenvalue weighted by Gasteiger charge is -2.05. The molecule has 0 radical (unpaired) electrons. The standard InChI is InChI=1S/C9H8ClN5O2S/c10-8-7(15(16)17)9(13-4-12-8)11-2-1-6-3-18-5-14-6/h3-5H,1-2H2,(H,11,12,13). The molecule has 0 aliphatic carbocycles. The van der Waals surface area contributed by atoms with Gasteiger partial charge in [-0.2, -0.15) is 0 Å². The van der Waals surface area contributed by atoms with Gasteiger partial charge >= 0.3 is 5.69 Å². The summed E-state index contributed by atoms with van der Waals surface area (Å²) in [6.45, 7) is 0.484. The molecule has 0 saturated carbocycles. The monoisotopic (exact) mass is 285 g/mol. The number of nitrogens with one attached hydrogen (secondary N) is 1. The van der Waals surface area contributed by atoms with Gasteiger partial charge in [-0.25, -0.2) is 15.0 Å². The Kier molecular flexibility index (Phi) is 4.00. The zero-order valence-electron chi connectivity index (χ0n) is 9.04. The maximum absolute atomic E-state index is 10.8. The molecule has 94 valence electrons. The second-order valence-corrected chi connectivity index (χ2v) is 4.35. The summed E-state index contributed by atoms with van der Waals surface area (Å²) >= 11 is 7.16. The van der Waals surface area contributed by atoms with Crippen molar-refractivity contribution in [1.29, 1.82) is 0 Å². The molecule has 1 N–H and O–H groups in total. The van der Waals surface area contributed by atoms with E-state index < -0.39 is 4.92 Å². The number of anilines is 1. The molecule has 2 aromatic heterocycles. The maximum atomic E-state index is 10.8. The average molecular weight is 286 g/mol. The van der Waals surface area contributed by atoms with Crippen LogP contribution in [0.3, 0.4) is 0 Å². The summed E-state index contributed by atoms with van der Waals surface area (Å²) in [6.07, 6.45) is 1.84. The van der Waals surface area contributed by atoms with E-state index in [2.05, 4.69) is 20.3 Å². The summed E-state index contributed by atoms with van der Waals surface area (Å²) < 4.78 is 0. The Balaban J connectivity index is 2.05. The molecule has 2 heterocycles. The third kappa shape index (κ3) is 2.90. The molecule has 0 unspecified atom stereocenters. The molecule has 18 heavy (non-hydrogen) atoms. The molecule has 2 aromatic rings. The van der Waals surface area contributed by atoms with Crippen LogP contribution in [0, 0.1) is 10.1 Å². The molecule has 0 spiro atoms. The van der Waals surface area contributed by atoms with Crippen molar-refractivity contribution in [3.05, 3.63) is 38.2 Å². The predicted octanol–water partition coefficient (Wildman–Crippen LogP) is 2.15. The predicted molar refractivity (Wildman–Crippen MR) is 68.0 cm³/mol. The van der Waals surface area contributed by atoms with Crippen LogP contribution in [0.25, 0.3) is 0 Å². The fourth-order valence-electron chi connectivity index (χ4n) is 1.32. The molecular formula is C9H8ClN5O2S. The fraction of sp³-hybridized carbons (Fsp3) is 0.222. The summed E-state index contributed by atoms with van der Waals surface area (Å²) in [7, 11) is 0. The van der Waals surface area contributed by atoms with Crippen molar-refractivity contribution in [3.63, 3.8) is 0 Å². The van der Waals surface area contributed by atoms with Crippen LogP contribution in [-0.2, 0) is 6.42 Å². The summed E-state index contributed by atoms with van der Waals surface area (Å²) in [5, 5.41) is 15.4. The van der Waals surface area contributed by atoms with E-state index in [1.54, 1.807) is 5.51 Å². The number of hydrogen-bond acceptors (Lipinski definition) is 7. The highest BCUT2D eigenvalue weighted by Gasteiger charge is 2.20. The molecule has 0 aliphatic rings. The first kappa shape index (κ1) is 12.7. The van der Waals surface area contributed by atoms with E-state index in [-0.39, 0.29) is 16.7 Å². The molecule has 9 heteroatoms. The van der Waals surface area contributed by atoms with Crippen molar-refractivity contribution in [2.45, 2.75) is 6.42 Å². The largest absolute Gasteiger partial charge is 0.364 e. The lowest BCUT2D eigenvalue weighted by Crippen LogP contribution is -2.09. The molecule has 2 rings (SSSR count). The zero-order valence-corrected chi connectivity index (χ0v) is 10.6. The van der Waals surface area contributed by atoms with Crippen molar-refractivity contribution < 1.29 is 4.92 Å². The minimum Gasteiger partial charge on any atom is -0.364 e. The summed E-state index contributed by atoms with van der Waals surface area (Å²) in [6, 6.07) is 0. The van der Waals surface area contributed by atoms with Crippen LogP contribution in [0.5, 0.6) is 0 Å². The first-order valence-electron chi connectivity index (χ1n) is 4.94. The van der Waals surface area contributed by atoms with Gasteiger partial charge in [0.05, 0.1) is 16.1 Å². The van der Waals surface area contributed by atoms with Crippen LogP contribution >= 0.6 is 22.9 Å². The van der Waals surface area contributed by atoms with Gasteiger partial charge in [0.1, 0.15) is 6.33 Å². The second kappa shape index (κ2) is 5.69. The maximum Gasteiger partial charge on any atom is 0.348 e. The minimum atomic E-state index is -0.604. The first-order chi connectivity index (χ1) is 8.68. The van der Waals surface area contributed by atoms with Gasteiger partial charge in [0.25, 0.3) is 0 Å². The Hall–Kier alpha value is -1.80. The number of nitro groups is 1. The van der Waals surface area contributed by atoms with Crippen LogP contribution in [0.15, 0.2) is 17.2 Å². The SMILES string of the molecule is O=[N+]([O-])c1c(Cl)ncnc1NCCc1cscn1. The third-order valence-electron chi connectivity index (χ3n) is 2.12. The summed E-state index contributed by atoms with van der Waals surface area (Å²) in [4.78, 5) is 21.7. The highest BCUT2D eigenvalue weighted by Crippen LogP contribution is 2.27. The topological polar surface area (TPSA) is 93.8 Å². The van der Waals surface area contributed by atoms with Crippen molar-refractivity contribution in [2.75, 3.05) is 11.9 Å². The van der Waals surface area contributed by atoms with Crippen molar-refractivity contribution in [1.82, 2.24) is 15.0 Å². The molecule has 0 saturated heterocycles. The number of thiazole rings is 1. The molecular weight excluding hydrogens is 278 g/mol. The van der Waals surface area contributed by atoms with Crippen molar-refractivity contribution >= 4 is 34.4 Å². The molecule has 0 aromatic carbocycles. The Morgan fingerprint density at radius 1 is 1.44 bits per heavy atom. The van der Waals surface area contributed by atoms with Crippen LogP contribution in [0.4, 0.5) is 11.5 Å². The Morgan fingerprint density at radius 3 is 2.94 bits per heavy atom. The van der Waals surface area contributed by atoms with Crippen molar-refractivity contribution in [3.8, 4) is 0 Å². The molecule has 0 bridgehead atoms. The van der Waals surface area contributed by atoms with Crippen LogP contribution in [-0.4, -0.2) is 26.4 Å². The Labute approximate surface area is 111 Å². The number of hydrogen-bond donors (Lipinski definition) is 1. The quantitative estimate of drug-likeness (QED) is 0.514. The summed E-state index contributed by atoms with van der Waals surface area (Å²) in [5.41, 5.74) is 2.35. The molecule has 7 nitrogen and oxygen atoms in total. The Bertz CT molecular complexity index is 548. The van der Waals surface area contributed by atoms with Crippen molar-refractivity contribution in [2.24, 2.45) is 0 Å². The van der Waals surface area contributed by atoms with Gasteiger partial charge in [0, 0.05) is 18.3 Å². The van der Waals surface area contributed by atoms with E-state index in [1.165, 1.54) is 17.7 Å². The first-order valence-corrected chi connectivity index (χ1v) is 6.26. The van der Waals surface area contributed by atoms with Crippen LogP contribution in [0.2, 0.25) is 5.15 Å². The molecule has 0 amide bonds. The van der Waals surface area contributed by atoms with E-state index in [4.69, 9.17) is 11.6 Å². The van der Waals surface area contributed by atoms with E-state index in [0.717, 1.165) is 5.69 Å². The number of halogens is 1. The smallest absolute Gasteiger partial charge is 0.348 e. The lowest BCUT2D eigenvalue weighted by molar-refractivity contribution is -0.384. The number of aromatic nitrogens is 3. The second-order valence-electron chi connectivity index (χ2n) is 3.28. The zero-order chi connectivity index (χ0) is 13.0. The normalized spacial score (nSPS) is 10.3. The van der Waals surface area contributed by atoms with E-state index >= 15 is 0 Å². The molecule has 0 atom stereocenters. The van der Waals surface area contributed by atoms with Gasteiger partial charge in [0.2, 0.25) is 11.0 Å². The molecule has 0 fully saturated rings. The Morgan fingerprint density at radius 2 is 2.28 bits per heavy atom. The fourth-order valence-corrected chi connectivity index (χ4v) is 2.11. The van der Waals surface area contributed by atoms with E-state index in [1.807, 2.05) is 5.38 Å². The van der Waals surface area contributed by atoms with Gasteiger partial charge in [-0.1, -0.05) is 11.6 Å². The highest BCUT2D eigenvalue weighted by molar-refractivity contribution is 7.07. The number of nitrogens with zero attached hydrogens (tertiary/aromatic N) is 4. The third-order valence-corrected chi connectivity index (χ3v) is 3.03. The highest BCUT2D eigenvalue weighted by atomic mass is 35.5. The van der Waals surface area contributed by atoms with E-state index in [9.17, 15) is 10.1 Å². The summed E-state index contributed by atoms with van der Waals surface area (Å²) in [5.74, 6) is 0.121. The van der Waals surface area contributed by atoms with Gasteiger partial charge < -0.3 is 5.32 Å². The van der Waals surface area contributed by atoms with Gasteiger partial charge in [-0.3, -0.25) is 10.1 Å². The number of rotatable bonds is 5. The average Bonchev–Trinajstić information content (AvgIpc) is 2.81. The van der Waals surface area contributed by atoms with Gasteiger partial charge in [-0.05, 0) is 0 Å². The van der Waals surface area contributed by atoms with Gasteiger partial charge in [0.15, 0.2) is 0 Å². The van der Waals surface area contributed by atoms with E-state index in [0.29, 0.717) is 13.0 Å².